The van der Waals surface area contributed by atoms with Gasteiger partial charge in [0.2, 0.25) is 10.9 Å². The minimum absolute atomic E-state index is 0.0463. The zero-order valence-corrected chi connectivity index (χ0v) is 5.36. The van der Waals surface area contributed by atoms with Crippen molar-refractivity contribution in [2.45, 2.75) is 6.92 Å². The van der Waals surface area contributed by atoms with E-state index in [0.29, 0.717) is 11.3 Å². The van der Waals surface area contributed by atoms with Crippen molar-refractivity contribution in [1.82, 2.24) is 0 Å². The maximum Gasteiger partial charge on any atom is 0.215 e. The topological polar surface area (TPSA) is 0 Å². The van der Waals surface area contributed by atoms with Crippen molar-refractivity contribution in [2.24, 2.45) is 0 Å². The van der Waals surface area contributed by atoms with Gasteiger partial charge in [-0.05, 0) is 6.92 Å². The maximum atomic E-state index is 12.1. The Balaban J connectivity index is 3.29. The largest absolute Gasteiger partial charge is 0.215 e. The molecule has 0 aromatic carbocycles. The lowest BCUT2D eigenvalue weighted by atomic mass is 10.5. The van der Waals surface area contributed by atoms with Crippen LogP contribution < -0.4 is 0 Å². The smallest absolute Gasteiger partial charge is 0.202 e. The molecule has 0 aliphatic rings. The summed E-state index contributed by atoms with van der Waals surface area (Å²) in [5.74, 6) is -2.44. The first-order chi connectivity index (χ1) is 4.13. The summed E-state index contributed by atoms with van der Waals surface area (Å²) in [5, 5.41) is -1.08. The van der Waals surface area contributed by atoms with Crippen molar-refractivity contribution in [3.05, 3.63) is 21.6 Å². The number of aryl methyl sites for hydroxylation is 1. The quantitative estimate of drug-likeness (QED) is 0.535. The van der Waals surface area contributed by atoms with Crippen LogP contribution in [0.5, 0.6) is 0 Å². The van der Waals surface area contributed by atoms with Gasteiger partial charge in [0.1, 0.15) is 0 Å². The van der Waals surface area contributed by atoms with Gasteiger partial charge in [-0.3, -0.25) is 0 Å². The molecule has 0 atom stereocenters. The molecule has 0 saturated heterocycles. The molecule has 0 spiro atoms. The molecule has 0 saturated carbocycles. The second-order valence-corrected chi connectivity index (χ2v) is 2.73. The van der Waals surface area contributed by atoms with Crippen molar-refractivity contribution in [2.75, 3.05) is 0 Å². The molecule has 0 N–H and O–H groups in total. The molecule has 0 aliphatic carbocycles. The monoisotopic (exact) mass is 152 g/mol. The zero-order valence-electron chi connectivity index (χ0n) is 4.54. The Kier molecular flexibility index (Phi) is 1.48. The van der Waals surface area contributed by atoms with E-state index >= 15 is 0 Å². The fourth-order valence-electron chi connectivity index (χ4n) is 0.465. The molecule has 0 nitrogen and oxygen atoms in total. The zero-order chi connectivity index (χ0) is 7.02. The number of rotatable bonds is 0. The molecule has 1 heterocycles. The van der Waals surface area contributed by atoms with Gasteiger partial charge in [-0.15, -0.1) is 11.3 Å². The first kappa shape index (κ1) is 6.61. The van der Waals surface area contributed by atoms with Crippen LogP contribution in [0.25, 0.3) is 0 Å². The molecule has 4 heteroatoms. The average Bonchev–Trinajstić information content (AvgIpc) is 1.98. The summed E-state index contributed by atoms with van der Waals surface area (Å²) in [6.07, 6.45) is 0. The Bertz CT molecular complexity index is 206. The number of halogens is 3. The van der Waals surface area contributed by atoms with Gasteiger partial charge in [-0.2, -0.15) is 8.78 Å². The van der Waals surface area contributed by atoms with Crippen molar-refractivity contribution < 1.29 is 13.2 Å². The third-order valence-electron chi connectivity index (χ3n) is 0.917. The van der Waals surface area contributed by atoms with Crippen molar-refractivity contribution in [3.63, 3.8) is 0 Å². The maximum absolute atomic E-state index is 12.1. The van der Waals surface area contributed by atoms with Gasteiger partial charge in [-0.25, -0.2) is 4.39 Å². The number of hydrogen-bond donors (Lipinski definition) is 0. The highest BCUT2D eigenvalue weighted by molar-refractivity contribution is 7.10. The second-order valence-electron chi connectivity index (χ2n) is 1.56. The normalized spacial score (nSPS) is 10.2. The molecular formula is C5H3F3S. The van der Waals surface area contributed by atoms with Crippen LogP contribution in [-0.4, -0.2) is 0 Å². The van der Waals surface area contributed by atoms with E-state index < -0.39 is 16.8 Å². The van der Waals surface area contributed by atoms with E-state index in [0.717, 1.165) is 0 Å². The van der Waals surface area contributed by atoms with Crippen LogP contribution in [0.2, 0.25) is 0 Å². The Hall–Kier alpha value is -0.510. The predicted octanol–water partition coefficient (Wildman–Crippen LogP) is 2.47. The lowest BCUT2D eigenvalue weighted by Gasteiger charge is -1.78. The fourth-order valence-corrected chi connectivity index (χ4v) is 1.09. The Morgan fingerprint density at radius 2 is 1.67 bits per heavy atom. The molecular weight excluding hydrogens is 149 g/mol. The van der Waals surface area contributed by atoms with E-state index in [4.69, 9.17) is 0 Å². The summed E-state index contributed by atoms with van der Waals surface area (Å²) in [6, 6.07) is 0. The van der Waals surface area contributed by atoms with E-state index in [9.17, 15) is 13.2 Å². The van der Waals surface area contributed by atoms with Crippen LogP contribution in [0, 0.1) is 23.7 Å². The minimum Gasteiger partial charge on any atom is -0.202 e. The van der Waals surface area contributed by atoms with E-state index in [1.165, 1.54) is 6.92 Å². The van der Waals surface area contributed by atoms with Crippen LogP contribution in [-0.2, 0) is 0 Å². The van der Waals surface area contributed by atoms with Crippen molar-refractivity contribution >= 4 is 11.3 Å². The van der Waals surface area contributed by atoms with Gasteiger partial charge < -0.3 is 0 Å². The second kappa shape index (κ2) is 2.02. The highest BCUT2D eigenvalue weighted by atomic mass is 32.1. The van der Waals surface area contributed by atoms with E-state index in [1.54, 1.807) is 0 Å². The molecule has 1 rings (SSSR count). The van der Waals surface area contributed by atoms with Gasteiger partial charge in [0, 0.05) is 4.88 Å². The molecule has 0 bridgehead atoms. The van der Waals surface area contributed by atoms with Crippen LogP contribution in [0.4, 0.5) is 13.2 Å². The van der Waals surface area contributed by atoms with Gasteiger partial charge in [0.15, 0.2) is 5.82 Å². The molecule has 50 valence electrons. The Morgan fingerprint density at radius 1 is 1.11 bits per heavy atom. The molecule has 0 radical (unpaired) electrons. The van der Waals surface area contributed by atoms with E-state index in [1.807, 2.05) is 0 Å². The summed E-state index contributed by atoms with van der Waals surface area (Å²) >= 11 is 0.479. The third-order valence-corrected chi connectivity index (χ3v) is 1.76. The first-order valence-corrected chi connectivity index (χ1v) is 3.04. The average molecular weight is 152 g/mol. The highest BCUT2D eigenvalue weighted by Crippen LogP contribution is 2.22. The van der Waals surface area contributed by atoms with Gasteiger partial charge in [-0.1, -0.05) is 0 Å². The molecule has 0 unspecified atom stereocenters. The predicted molar refractivity (Wildman–Crippen MR) is 28.9 cm³/mol. The van der Waals surface area contributed by atoms with Crippen molar-refractivity contribution in [3.8, 4) is 0 Å². The summed E-state index contributed by atoms with van der Waals surface area (Å²) in [6.45, 7) is 1.33. The highest BCUT2D eigenvalue weighted by Gasteiger charge is 2.14. The Labute approximate surface area is 53.9 Å². The number of thiophene rings is 1. The molecule has 0 aliphatic heterocycles. The molecule has 0 amide bonds. The SMILES string of the molecule is Cc1sc(F)c(F)c1F. The van der Waals surface area contributed by atoms with E-state index in [2.05, 4.69) is 0 Å². The summed E-state index contributed by atoms with van der Waals surface area (Å²) in [7, 11) is 0. The summed E-state index contributed by atoms with van der Waals surface area (Å²) in [4.78, 5) is 0.0463. The molecule has 0 fully saturated rings. The molecule has 1 aromatic heterocycles. The van der Waals surface area contributed by atoms with Crippen LogP contribution in [0.3, 0.4) is 0 Å². The van der Waals surface area contributed by atoms with E-state index in [-0.39, 0.29) is 4.88 Å². The first-order valence-electron chi connectivity index (χ1n) is 2.23. The van der Waals surface area contributed by atoms with Gasteiger partial charge in [0.25, 0.3) is 0 Å². The lowest BCUT2D eigenvalue weighted by Crippen LogP contribution is -1.77. The van der Waals surface area contributed by atoms with Crippen LogP contribution in [0.15, 0.2) is 0 Å². The summed E-state index contributed by atoms with van der Waals surface area (Å²) < 4.78 is 36.2. The fraction of sp³-hybridized carbons (Fsp3) is 0.200. The third kappa shape index (κ3) is 0.941. The number of hydrogen-bond acceptors (Lipinski definition) is 1. The van der Waals surface area contributed by atoms with Crippen LogP contribution >= 0.6 is 11.3 Å². The standard InChI is InChI=1S/C5H3F3S/c1-2-3(6)4(7)5(8)9-2/h1H3. The molecule has 9 heavy (non-hydrogen) atoms. The lowest BCUT2D eigenvalue weighted by molar-refractivity contribution is 0.465. The van der Waals surface area contributed by atoms with Crippen molar-refractivity contribution in [1.29, 1.82) is 0 Å². The minimum atomic E-state index is -1.36. The molecule has 1 aromatic rings. The summed E-state index contributed by atoms with van der Waals surface area (Å²) in [5.41, 5.74) is 0. The van der Waals surface area contributed by atoms with Gasteiger partial charge in [0.05, 0.1) is 0 Å². The Morgan fingerprint density at radius 3 is 1.78 bits per heavy atom. The van der Waals surface area contributed by atoms with Gasteiger partial charge >= 0.3 is 0 Å². The van der Waals surface area contributed by atoms with Crippen LogP contribution in [0.1, 0.15) is 4.88 Å².